The molecule has 2 aliphatic heterocycles. The largest absolute Gasteiger partial charge is 0.494 e. The van der Waals surface area contributed by atoms with Crippen molar-refractivity contribution in [1.29, 1.82) is 0 Å². The quantitative estimate of drug-likeness (QED) is 0.904. The van der Waals surface area contributed by atoms with Crippen LogP contribution in [0.15, 0.2) is 12.1 Å². The lowest BCUT2D eigenvalue weighted by molar-refractivity contribution is -0.141. The molecule has 1 aromatic rings. The highest BCUT2D eigenvalue weighted by Gasteiger charge is 2.29. The zero-order valence-electron chi connectivity index (χ0n) is 13.2. The molecule has 0 aromatic heterocycles. The SMILES string of the molecule is CCOc1cc2c(cc1CN1CC[C@H](C(=O)O)C1)O[C@@H](C)C2. The van der Waals surface area contributed by atoms with E-state index in [2.05, 4.69) is 24.0 Å². The third kappa shape index (κ3) is 3.04. The molecule has 0 radical (unpaired) electrons. The zero-order chi connectivity index (χ0) is 15.7. The highest BCUT2D eigenvalue weighted by molar-refractivity contribution is 5.70. The van der Waals surface area contributed by atoms with Gasteiger partial charge in [0.25, 0.3) is 0 Å². The first-order chi connectivity index (χ1) is 10.6. The Morgan fingerprint density at radius 2 is 2.32 bits per heavy atom. The Balaban J connectivity index is 1.78. The van der Waals surface area contributed by atoms with E-state index in [1.54, 1.807) is 0 Å². The molecule has 5 heteroatoms. The Morgan fingerprint density at radius 1 is 1.50 bits per heavy atom. The number of hydrogen-bond acceptors (Lipinski definition) is 4. The van der Waals surface area contributed by atoms with Crippen molar-refractivity contribution in [3.8, 4) is 11.5 Å². The number of carboxylic acids is 1. The summed E-state index contributed by atoms with van der Waals surface area (Å²) >= 11 is 0. The monoisotopic (exact) mass is 305 g/mol. The number of nitrogens with zero attached hydrogens (tertiary/aromatic N) is 1. The first-order valence-corrected chi connectivity index (χ1v) is 7.97. The van der Waals surface area contributed by atoms with Crippen LogP contribution in [0.3, 0.4) is 0 Å². The molecule has 2 atom stereocenters. The second-order valence-corrected chi connectivity index (χ2v) is 6.19. The van der Waals surface area contributed by atoms with Gasteiger partial charge in [0.15, 0.2) is 0 Å². The Labute approximate surface area is 130 Å². The fourth-order valence-corrected chi connectivity index (χ4v) is 3.31. The molecule has 1 fully saturated rings. The summed E-state index contributed by atoms with van der Waals surface area (Å²) in [6.07, 6.45) is 1.85. The van der Waals surface area contributed by atoms with Gasteiger partial charge in [0.1, 0.15) is 17.6 Å². The Kier molecular flexibility index (Phi) is 4.25. The van der Waals surface area contributed by atoms with Crippen LogP contribution in [0.4, 0.5) is 0 Å². The fraction of sp³-hybridized carbons (Fsp3) is 0.588. The molecule has 0 spiro atoms. The zero-order valence-corrected chi connectivity index (χ0v) is 13.2. The van der Waals surface area contributed by atoms with Crippen LogP contribution in [0.1, 0.15) is 31.4 Å². The third-order valence-electron chi connectivity index (χ3n) is 4.39. The predicted octanol–water partition coefficient (Wildman–Crippen LogP) is 2.32. The van der Waals surface area contributed by atoms with Crippen molar-refractivity contribution in [2.24, 2.45) is 5.92 Å². The van der Waals surface area contributed by atoms with E-state index >= 15 is 0 Å². The molecule has 0 unspecified atom stereocenters. The Hall–Kier alpha value is -1.75. The number of likely N-dealkylation sites (tertiary alicyclic amines) is 1. The van der Waals surface area contributed by atoms with E-state index in [-0.39, 0.29) is 12.0 Å². The summed E-state index contributed by atoms with van der Waals surface area (Å²) in [6.45, 7) is 6.81. The van der Waals surface area contributed by atoms with Crippen LogP contribution >= 0.6 is 0 Å². The van der Waals surface area contributed by atoms with E-state index < -0.39 is 5.97 Å². The maximum Gasteiger partial charge on any atom is 0.307 e. The van der Waals surface area contributed by atoms with E-state index in [4.69, 9.17) is 14.6 Å². The number of rotatable bonds is 5. The number of fused-ring (bicyclic) bond motifs is 1. The molecule has 0 saturated carbocycles. The topological polar surface area (TPSA) is 59.0 Å². The second-order valence-electron chi connectivity index (χ2n) is 6.19. The van der Waals surface area contributed by atoms with Crippen LogP contribution in [-0.2, 0) is 17.8 Å². The van der Waals surface area contributed by atoms with E-state index in [1.165, 1.54) is 5.56 Å². The number of ether oxygens (including phenoxy) is 2. The first kappa shape index (κ1) is 15.2. The maximum atomic E-state index is 11.1. The van der Waals surface area contributed by atoms with Gasteiger partial charge in [-0.3, -0.25) is 9.69 Å². The third-order valence-corrected chi connectivity index (χ3v) is 4.39. The lowest BCUT2D eigenvalue weighted by Gasteiger charge is -2.19. The van der Waals surface area contributed by atoms with Gasteiger partial charge in [-0.05, 0) is 38.9 Å². The molecule has 120 valence electrons. The van der Waals surface area contributed by atoms with Crippen molar-refractivity contribution < 1.29 is 19.4 Å². The summed E-state index contributed by atoms with van der Waals surface area (Å²) in [4.78, 5) is 13.3. The minimum atomic E-state index is -0.696. The van der Waals surface area contributed by atoms with Crippen molar-refractivity contribution >= 4 is 5.97 Å². The summed E-state index contributed by atoms with van der Waals surface area (Å²) in [5, 5.41) is 9.12. The van der Waals surface area contributed by atoms with Gasteiger partial charge in [0.2, 0.25) is 0 Å². The number of carboxylic acid groups (broad SMARTS) is 1. The summed E-state index contributed by atoms with van der Waals surface area (Å²) in [5.74, 6) is 0.901. The average Bonchev–Trinajstić information content (AvgIpc) is 3.05. The molecular formula is C17H23NO4. The summed E-state index contributed by atoms with van der Waals surface area (Å²) in [6, 6.07) is 4.15. The van der Waals surface area contributed by atoms with Crippen LogP contribution in [0.25, 0.3) is 0 Å². The Bertz CT molecular complexity index is 572. The van der Waals surface area contributed by atoms with E-state index in [0.717, 1.165) is 36.4 Å². The average molecular weight is 305 g/mol. The molecule has 0 amide bonds. The molecule has 5 nitrogen and oxygen atoms in total. The van der Waals surface area contributed by atoms with Crippen molar-refractivity contribution in [1.82, 2.24) is 4.90 Å². The molecule has 1 saturated heterocycles. The minimum absolute atomic E-state index is 0.211. The number of hydrogen-bond donors (Lipinski definition) is 1. The fourth-order valence-electron chi connectivity index (χ4n) is 3.31. The summed E-state index contributed by atoms with van der Waals surface area (Å²) < 4.78 is 11.6. The van der Waals surface area contributed by atoms with Gasteiger partial charge in [-0.1, -0.05) is 0 Å². The van der Waals surface area contributed by atoms with Crippen molar-refractivity contribution in [3.05, 3.63) is 23.3 Å². The number of aliphatic carboxylic acids is 1. The lowest BCUT2D eigenvalue weighted by atomic mass is 10.1. The molecule has 22 heavy (non-hydrogen) atoms. The summed E-state index contributed by atoms with van der Waals surface area (Å²) in [7, 11) is 0. The van der Waals surface area contributed by atoms with E-state index in [1.807, 2.05) is 6.92 Å². The van der Waals surface area contributed by atoms with Crippen LogP contribution < -0.4 is 9.47 Å². The highest BCUT2D eigenvalue weighted by atomic mass is 16.5. The first-order valence-electron chi connectivity index (χ1n) is 7.97. The van der Waals surface area contributed by atoms with Gasteiger partial charge in [0.05, 0.1) is 12.5 Å². The van der Waals surface area contributed by atoms with Crippen molar-refractivity contribution in [2.45, 2.75) is 39.3 Å². The van der Waals surface area contributed by atoms with E-state index in [9.17, 15) is 4.79 Å². The highest BCUT2D eigenvalue weighted by Crippen LogP contribution is 2.36. The molecule has 1 N–H and O–H groups in total. The normalized spacial score (nSPS) is 24.1. The van der Waals surface area contributed by atoms with Crippen LogP contribution in [-0.4, -0.2) is 41.8 Å². The maximum absolute atomic E-state index is 11.1. The van der Waals surface area contributed by atoms with Gasteiger partial charge in [-0.15, -0.1) is 0 Å². The minimum Gasteiger partial charge on any atom is -0.494 e. The molecular weight excluding hydrogens is 282 g/mol. The standard InChI is InChI=1S/C17H23NO4/c1-3-21-15-7-13-6-11(2)22-16(13)8-14(15)10-18-5-4-12(9-18)17(19)20/h7-8,11-12H,3-6,9-10H2,1-2H3,(H,19,20)/t11-,12-/m0/s1. The van der Waals surface area contributed by atoms with Gasteiger partial charge in [-0.25, -0.2) is 0 Å². The van der Waals surface area contributed by atoms with E-state index in [0.29, 0.717) is 19.7 Å². The summed E-state index contributed by atoms with van der Waals surface area (Å²) in [5.41, 5.74) is 2.28. The van der Waals surface area contributed by atoms with Crippen molar-refractivity contribution in [2.75, 3.05) is 19.7 Å². The molecule has 0 bridgehead atoms. The molecule has 3 rings (SSSR count). The van der Waals surface area contributed by atoms with Gasteiger partial charge < -0.3 is 14.6 Å². The molecule has 2 aliphatic rings. The smallest absolute Gasteiger partial charge is 0.307 e. The molecule has 2 heterocycles. The second kappa shape index (κ2) is 6.16. The predicted molar refractivity (Wildman–Crippen MR) is 82.4 cm³/mol. The van der Waals surface area contributed by atoms with Gasteiger partial charge >= 0.3 is 5.97 Å². The number of carbonyl (C=O) groups is 1. The van der Waals surface area contributed by atoms with Crippen LogP contribution in [0, 0.1) is 5.92 Å². The van der Waals surface area contributed by atoms with Gasteiger partial charge in [0, 0.05) is 30.6 Å². The lowest BCUT2D eigenvalue weighted by Crippen LogP contribution is -2.23. The molecule has 0 aliphatic carbocycles. The van der Waals surface area contributed by atoms with Crippen molar-refractivity contribution in [3.63, 3.8) is 0 Å². The van der Waals surface area contributed by atoms with Crippen LogP contribution in [0.5, 0.6) is 11.5 Å². The number of benzene rings is 1. The van der Waals surface area contributed by atoms with Crippen LogP contribution in [0.2, 0.25) is 0 Å². The van der Waals surface area contributed by atoms with Gasteiger partial charge in [-0.2, -0.15) is 0 Å². The Morgan fingerprint density at radius 3 is 3.00 bits per heavy atom. The molecule has 1 aromatic carbocycles.